The molecule has 1 aromatic carbocycles. The lowest BCUT2D eigenvalue weighted by atomic mass is 9.88. The summed E-state index contributed by atoms with van der Waals surface area (Å²) in [4.78, 5) is 60.7. The molecule has 2 aromatic rings. The number of ether oxygens (including phenoxy) is 4. The number of benzene rings is 1. The van der Waals surface area contributed by atoms with E-state index in [0.717, 1.165) is 12.8 Å². The summed E-state index contributed by atoms with van der Waals surface area (Å²) < 4.78 is 66.8. The molecule has 5 atom stereocenters. The van der Waals surface area contributed by atoms with Gasteiger partial charge in [0.15, 0.2) is 11.4 Å². The van der Waals surface area contributed by atoms with Crippen molar-refractivity contribution in [3.63, 3.8) is 0 Å². The predicted molar refractivity (Wildman–Crippen MR) is 191 cm³/mol. The van der Waals surface area contributed by atoms with Crippen LogP contribution in [0.5, 0.6) is 11.5 Å². The van der Waals surface area contributed by atoms with Crippen molar-refractivity contribution in [1.29, 1.82) is 0 Å². The molecule has 4 aliphatic rings. The molecule has 15 heteroatoms. The standard InChI is InChI=1S/C39H47F3N4O8/c1-7-52-34(49)38-19-23(38)13-11-9-8-10-12-14-27(44-35(50)54-36(3,4)5)33(48)46-21-37(20-28(46)32(47)45-38)18-22(2)29-25-17-24(51-6)15-16-26(25)43-31(30(29)53-37)39(40,41)42/h11,13,15-18,23,27-28H,7-10,12,14,19-21H2,1-6H3,(H,44,50)(H,45,47)/b13-11-/t23-,27+,28+,37-,38-/m1/s1. The van der Waals surface area contributed by atoms with Crippen molar-refractivity contribution in [2.75, 3.05) is 20.3 Å². The maximum Gasteiger partial charge on any atom is 0.437 e. The number of aromatic nitrogens is 1. The van der Waals surface area contributed by atoms with Crippen molar-refractivity contribution >= 4 is 40.4 Å². The summed E-state index contributed by atoms with van der Waals surface area (Å²) in [6.07, 6.45) is 2.72. The minimum atomic E-state index is -4.92. The highest BCUT2D eigenvalue weighted by atomic mass is 19.4. The fraction of sp³-hybridized carbons (Fsp3) is 0.564. The Morgan fingerprint density at radius 2 is 1.89 bits per heavy atom. The summed E-state index contributed by atoms with van der Waals surface area (Å²) in [5, 5.41) is 5.92. The lowest BCUT2D eigenvalue weighted by Crippen LogP contribution is -2.56. The number of methoxy groups -OCH3 is 1. The van der Waals surface area contributed by atoms with Gasteiger partial charge in [0, 0.05) is 23.3 Å². The second-order valence-corrected chi connectivity index (χ2v) is 15.5. The van der Waals surface area contributed by atoms with E-state index in [1.165, 1.54) is 24.1 Å². The topological polar surface area (TPSA) is 145 Å². The molecule has 1 aromatic heterocycles. The van der Waals surface area contributed by atoms with Gasteiger partial charge in [-0.15, -0.1) is 0 Å². The number of hydrogen-bond acceptors (Lipinski definition) is 9. The number of pyridine rings is 1. The summed E-state index contributed by atoms with van der Waals surface area (Å²) in [5.41, 5.74) is -4.46. The van der Waals surface area contributed by atoms with Crippen LogP contribution in [0.2, 0.25) is 0 Å². The van der Waals surface area contributed by atoms with E-state index in [4.69, 9.17) is 18.9 Å². The van der Waals surface area contributed by atoms with Gasteiger partial charge in [0.1, 0.15) is 34.6 Å². The number of esters is 1. The molecule has 2 N–H and O–H groups in total. The largest absolute Gasteiger partial charge is 0.497 e. The molecule has 0 unspecified atom stereocenters. The minimum absolute atomic E-state index is 0.0789. The van der Waals surface area contributed by atoms with Crippen LogP contribution in [-0.4, -0.2) is 82.8 Å². The molecule has 292 valence electrons. The molecule has 1 aliphatic carbocycles. The monoisotopic (exact) mass is 756 g/mol. The van der Waals surface area contributed by atoms with E-state index in [2.05, 4.69) is 15.6 Å². The second-order valence-electron chi connectivity index (χ2n) is 15.5. The van der Waals surface area contributed by atoms with E-state index in [9.17, 15) is 32.3 Å². The average Bonchev–Trinajstić information content (AvgIpc) is 3.66. The third-order valence-corrected chi connectivity index (χ3v) is 10.3. The number of rotatable bonds is 4. The van der Waals surface area contributed by atoms with E-state index in [-0.39, 0.29) is 49.4 Å². The lowest BCUT2D eigenvalue weighted by Gasteiger charge is -2.35. The van der Waals surface area contributed by atoms with Crippen molar-refractivity contribution < 1.29 is 51.3 Å². The van der Waals surface area contributed by atoms with Crippen LogP contribution >= 0.6 is 0 Å². The van der Waals surface area contributed by atoms with Crippen LogP contribution in [0, 0.1) is 5.92 Å². The summed E-state index contributed by atoms with van der Waals surface area (Å²) in [7, 11) is 1.44. The van der Waals surface area contributed by atoms with Gasteiger partial charge in [-0.2, -0.15) is 13.2 Å². The predicted octanol–water partition coefficient (Wildman–Crippen LogP) is 6.25. The number of halogens is 3. The third kappa shape index (κ3) is 7.72. The van der Waals surface area contributed by atoms with Crippen LogP contribution in [-0.2, 0) is 30.0 Å². The first-order valence-corrected chi connectivity index (χ1v) is 18.3. The quantitative estimate of drug-likeness (QED) is 0.273. The first-order valence-electron chi connectivity index (χ1n) is 18.3. The van der Waals surface area contributed by atoms with Crippen LogP contribution in [0.15, 0.2) is 36.4 Å². The highest BCUT2D eigenvalue weighted by Gasteiger charge is 2.63. The van der Waals surface area contributed by atoms with Crippen molar-refractivity contribution in [3.05, 3.63) is 47.7 Å². The van der Waals surface area contributed by atoms with Crippen LogP contribution in [0.3, 0.4) is 0 Å². The number of carbonyl (C=O) groups excluding carboxylic acids is 4. The number of allylic oxidation sites excluding steroid dienone is 2. The van der Waals surface area contributed by atoms with Gasteiger partial charge in [0.2, 0.25) is 11.8 Å². The van der Waals surface area contributed by atoms with Gasteiger partial charge in [-0.1, -0.05) is 25.0 Å². The number of hydrogen-bond donors (Lipinski definition) is 2. The number of amides is 3. The Kier molecular flexibility index (Phi) is 10.4. The Morgan fingerprint density at radius 3 is 2.57 bits per heavy atom. The Balaban J connectivity index is 1.44. The maximum atomic E-state index is 14.7. The molecular formula is C39H47F3N4O8. The van der Waals surface area contributed by atoms with Gasteiger partial charge in [0.05, 0.1) is 25.8 Å². The number of nitrogens with zero attached hydrogens (tertiary/aromatic N) is 2. The maximum absolute atomic E-state index is 14.7. The average molecular weight is 757 g/mol. The Labute approximate surface area is 311 Å². The molecule has 54 heavy (non-hydrogen) atoms. The zero-order valence-electron chi connectivity index (χ0n) is 31.4. The van der Waals surface area contributed by atoms with E-state index < -0.39 is 70.3 Å². The number of fused-ring (bicyclic) bond motifs is 5. The summed E-state index contributed by atoms with van der Waals surface area (Å²) >= 11 is 0. The molecule has 0 bridgehead atoms. The number of alkyl carbamates (subject to hydrolysis) is 1. The van der Waals surface area contributed by atoms with Gasteiger partial charge < -0.3 is 34.5 Å². The lowest BCUT2D eigenvalue weighted by molar-refractivity contribution is -0.150. The minimum Gasteiger partial charge on any atom is -0.497 e. The first kappa shape index (κ1) is 38.9. The molecule has 1 saturated carbocycles. The zero-order valence-corrected chi connectivity index (χ0v) is 31.4. The highest BCUT2D eigenvalue weighted by Crippen LogP contribution is 2.51. The smallest absolute Gasteiger partial charge is 0.437 e. The molecule has 2 fully saturated rings. The van der Waals surface area contributed by atoms with E-state index in [1.807, 2.05) is 12.2 Å². The van der Waals surface area contributed by atoms with Gasteiger partial charge in [-0.05, 0) is 90.2 Å². The molecular weight excluding hydrogens is 709 g/mol. The molecule has 1 spiro atoms. The molecule has 1 saturated heterocycles. The van der Waals surface area contributed by atoms with Crippen molar-refractivity contribution in [1.82, 2.24) is 20.5 Å². The summed E-state index contributed by atoms with van der Waals surface area (Å²) in [5.74, 6) is -2.43. The second kappa shape index (κ2) is 14.4. The van der Waals surface area contributed by atoms with E-state index in [1.54, 1.807) is 46.8 Å². The van der Waals surface area contributed by atoms with Crippen LogP contribution < -0.4 is 20.1 Å². The van der Waals surface area contributed by atoms with Crippen molar-refractivity contribution in [3.8, 4) is 11.5 Å². The number of alkyl halides is 3. The fourth-order valence-electron chi connectivity index (χ4n) is 7.75. The molecule has 3 amide bonds. The Bertz CT molecular complexity index is 1910. The van der Waals surface area contributed by atoms with Crippen LogP contribution in [0.4, 0.5) is 18.0 Å². The SMILES string of the molecule is CCOC(=O)[C@@]12C[C@H]1/C=C\CCCCC[C@H](NC(=O)OC(C)(C)C)C(=O)N1C[C@@]3(C=C(C)c4c(c(C(F)(F)F)nc5ccc(OC)cc45)O3)C[C@H]1C(=O)N2. The molecule has 4 heterocycles. The molecule has 0 radical (unpaired) electrons. The number of nitrogens with one attached hydrogen (secondary N) is 2. The molecule has 6 rings (SSSR count). The van der Waals surface area contributed by atoms with Crippen LogP contribution in [0.1, 0.15) is 90.8 Å². The fourth-order valence-corrected chi connectivity index (χ4v) is 7.75. The van der Waals surface area contributed by atoms with Gasteiger partial charge in [0.25, 0.3) is 0 Å². The normalized spacial score (nSPS) is 27.9. The summed E-state index contributed by atoms with van der Waals surface area (Å²) in [6, 6.07) is 2.09. The summed E-state index contributed by atoms with van der Waals surface area (Å²) in [6.45, 7) is 8.10. The molecule has 3 aliphatic heterocycles. The Hall–Kier alpha value is -4.82. The van der Waals surface area contributed by atoms with Gasteiger partial charge >= 0.3 is 18.2 Å². The first-order chi connectivity index (χ1) is 25.4. The van der Waals surface area contributed by atoms with Crippen molar-refractivity contribution in [2.24, 2.45) is 5.92 Å². The van der Waals surface area contributed by atoms with Crippen molar-refractivity contribution in [2.45, 2.75) is 115 Å². The van der Waals surface area contributed by atoms with E-state index in [0.29, 0.717) is 29.6 Å². The Morgan fingerprint density at radius 1 is 1.13 bits per heavy atom. The van der Waals surface area contributed by atoms with Gasteiger partial charge in [-0.25, -0.2) is 14.6 Å². The third-order valence-electron chi connectivity index (χ3n) is 10.3. The van der Waals surface area contributed by atoms with Crippen LogP contribution in [0.25, 0.3) is 16.5 Å². The molecule has 12 nitrogen and oxygen atoms in total. The highest BCUT2D eigenvalue weighted by molar-refractivity contribution is 5.98. The zero-order chi connectivity index (χ0) is 39.2. The van der Waals surface area contributed by atoms with E-state index >= 15 is 0 Å². The van der Waals surface area contributed by atoms with Gasteiger partial charge in [-0.3, -0.25) is 9.59 Å². The number of carbonyl (C=O) groups is 4.